The molecule has 0 radical (unpaired) electrons. The summed E-state index contributed by atoms with van der Waals surface area (Å²) >= 11 is 0. The number of nitrogens with zero attached hydrogens (tertiary/aromatic N) is 2. The first-order valence-corrected chi connectivity index (χ1v) is 12.1. The molecule has 1 saturated carbocycles. The Bertz CT molecular complexity index is 1050. The summed E-state index contributed by atoms with van der Waals surface area (Å²) in [5, 5.41) is 2.85. The van der Waals surface area contributed by atoms with Crippen LogP contribution in [-0.2, 0) is 11.3 Å². The number of hydrogen-bond donors (Lipinski definition) is 1. The monoisotopic (exact) mass is 467 g/mol. The van der Waals surface area contributed by atoms with Gasteiger partial charge in [-0.05, 0) is 62.1 Å². The van der Waals surface area contributed by atoms with Crippen molar-refractivity contribution in [3.05, 3.63) is 58.9 Å². The molecule has 2 aliphatic rings. The highest BCUT2D eigenvalue weighted by Crippen LogP contribution is 2.29. The molecule has 182 valence electrons. The second-order valence-corrected chi connectivity index (χ2v) is 9.49. The molecule has 6 nitrogen and oxygen atoms in total. The number of ether oxygens (including phenoxy) is 1. The Labute approximate surface area is 201 Å². The van der Waals surface area contributed by atoms with E-state index >= 15 is 0 Å². The summed E-state index contributed by atoms with van der Waals surface area (Å²) < 4.78 is 19.8. The minimum absolute atomic E-state index is 0.125. The summed E-state index contributed by atoms with van der Waals surface area (Å²) in [4.78, 5) is 30.0. The number of carbonyl (C=O) groups excluding carboxylic acids is 2. The largest absolute Gasteiger partial charge is 0.496 e. The van der Waals surface area contributed by atoms with Crippen LogP contribution in [-0.4, -0.2) is 54.4 Å². The van der Waals surface area contributed by atoms with Crippen molar-refractivity contribution in [2.45, 2.75) is 52.1 Å². The number of amides is 2. The van der Waals surface area contributed by atoms with E-state index in [2.05, 4.69) is 17.1 Å². The molecule has 1 aliphatic heterocycles. The van der Waals surface area contributed by atoms with Crippen molar-refractivity contribution in [2.24, 2.45) is 5.92 Å². The third-order valence-electron chi connectivity index (χ3n) is 7.17. The lowest BCUT2D eigenvalue weighted by molar-refractivity contribution is -0.140. The van der Waals surface area contributed by atoms with E-state index < -0.39 is 0 Å². The van der Waals surface area contributed by atoms with E-state index in [1.807, 2.05) is 11.8 Å². The number of carbonyl (C=O) groups is 2. The summed E-state index contributed by atoms with van der Waals surface area (Å²) in [7, 11) is 1.51. The predicted molar refractivity (Wildman–Crippen MR) is 130 cm³/mol. The number of benzene rings is 2. The van der Waals surface area contributed by atoms with E-state index in [9.17, 15) is 14.0 Å². The van der Waals surface area contributed by atoms with Crippen molar-refractivity contribution in [2.75, 3.05) is 32.1 Å². The molecule has 0 spiro atoms. The zero-order valence-electron chi connectivity index (χ0n) is 20.3. The topological polar surface area (TPSA) is 61.9 Å². The molecule has 34 heavy (non-hydrogen) atoms. The van der Waals surface area contributed by atoms with Crippen LogP contribution in [0.3, 0.4) is 0 Å². The number of methoxy groups -OCH3 is 1. The lowest BCUT2D eigenvalue weighted by Gasteiger charge is -2.41. The fourth-order valence-corrected chi connectivity index (χ4v) is 5.20. The van der Waals surface area contributed by atoms with E-state index in [0.717, 1.165) is 49.9 Å². The van der Waals surface area contributed by atoms with Gasteiger partial charge in [0.1, 0.15) is 11.6 Å². The molecule has 2 aromatic carbocycles. The van der Waals surface area contributed by atoms with Crippen LogP contribution in [0.1, 0.15) is 54.1 Å². The van der Waals surface area contributed by atoms with Gasteiger partial charge in [-0.1, -0.05) is 25.0 Å². The third kappa shape index (κ3) is 5.25. The standard InChI is InChI=1S/C27H34FN3O3/c1-18-16-30(12-13-31(18)27(33)20-8-4-5-9-20)17-21-14-22(28)15-24(19(21)2)29-26(32)23-10-6-7-11-25(23)34-3/h6-7,10-11,14-15,18,20H,4-5,8-9,12-13,16-17H2,1-3H3,(H,29,32). The fraction of sp³-hybridized carbons (Fsp3) is 0.481. The first kappa shape index (κ1) is 24.2. The van der Waals surface area contributed by atoms with Gasteiger partial charge < -0.3 is 15.0 Å². The Morgan fingerprint density at radius 3 is 2.59 bits per heavy atom. The van der Waals surface area contributed by atoms with Crippen LogP contribution in [0.5, 0.6) is 5.75 Å². The smallest absolute Gasteiger partial charge is 0.259 e. The van der Waals surface area contributed by atoms with Crippen molar-refractivity contribution >= 4 is 17.5 Å². The highest BCUT2D eigenvalue weighted by atomic mass is 19.1. The minimum Gasteiger partial charge on any atom is -0.496 e. The summed E-state index contributed by atoms with van der Waals surface area (Å²) in [6.45, 7) is 6.75. The van der Waals surface area contributed by atoms with Crippen LogP contribution < -0.4 is 10.1 Å². The van der Waals surface area contributed by atoms with Crippen LogP contribution in [0.4, 0.5) is 10.1 Å². The van der Waals surface area contributed by atoms with E-state index in [1.165, 1.54) is 19.2 Å². The van der Waals surface area contributed by atoms with Crippen molar-refractivity contribution in [1.29, 1.82) is 0 Å². The number of nitrogens with one attached hydrogen (secondary N) is 1. The third-order valence-corrected chi connectivity index (χ3v) is 7.17. The van der Waals surface area contributed by atoms with Gasteiger partial charge in [-0.3, -0.25) is 14.5 Å². The Kier molecular flexibility index (Phi) is 7.51. The number of para-hydroxylation sites is 1. The molecule has 1 aliphatic carbocycles. The molecule has 7 heteroatoms. The minimum atomic E-state index is -0.390. The molecule has 2 fully saturated rings. The highest BCUT2D eigenvalue weighted by Gasteiger charge is 2.33. The van der Waals surface area contributed by atoms with E-state index in [-0.39, 0.29) is 23.7 Å². The molecule has 2 amide bonds. The molecular formula is C27H34FN3O3. The van der Waals surface area contributed by atoms with Crippen LogP contribution in [0.15, 0.2) is 36.4 Å². The van der Waals surface area contributed by atoms with Crippen molar-refractivity contribution in [3.8, 4) is 5.75 Å². The molecule has 1 atom stereocenters. The van der Waals surface area contributed by atoms with Gasteiger partial charge in [0.05, 0.1) is 12.7 Å². The Hall–Kier alpha value is -2.93. The molecule has 0 aromatic heterocycles. The maximum Gasteiger partial charge on any atom is 0.259 e. The zero-order chi connectivity index (χ0) is 24.2. The lowest BCUT2D eigenvalue weighted by atomic mass is 10.0. The van der Waals surface area contributed by atoms with Crippen molar-refractivity contribution < 1.29 is 18.7 Å². The van der Waals surface area contributed by atoms with E-state index in [1.54, 1.807) is 24.3 Å². The average molecular weight is 468 g/mol. The quantitative estimate of drug-likeness (QED) is 0.674. The van der Waals surface area contributed by atoms with Crippen molar-refractivity contribution in [3.63, 3.8) is 0 Å². The van der Waals surface area contributed by atoms with E-state index in [0.29, 0.717) is 36.0 Å². The second kappa shape index (κ2) is 10.6. The van der Waals surface area contributed by atoms with Gasteiger partial charge in [-0.2, -0.15) is 0 Å². The number of halogens is 1. The van der Waals surface area contributed by atoms with E-state index in [4.69, 9.17) is 4.74 Å². The normalized spacial score (nSPS) is 19.3. The van der Waals surface area contributed by atoms with Gasteiger partial charge in [0, 0.05) is 43.8 Å². The van der Waals surface area contributed by atoms with Gasteiger partial charge in [0.2, 0.25) is 5.91 Å². The molecule has 0 bridgehead atoms. The SMILES string of the molecule is COc1ccccc1C(=O)Nc1cc(F)cc(CN2CCN(C(=O)C3CCCC3)C(C)C2)c1C. The maximum atomic E-state index is 14.5. The van der Waals surface area contributed by atoms with Gasteiger partial charge in [0.25, 0.3) is 5.91 Å². The summed E-state index contributed by atoms with van der Waals surface area (Å²) in [5.41, 5.74) is 2.51. The number of piperazine rings is 1. The molecule has 1 heterocycles. The zero-order valence-corrected chi connectivity index (χ0v) is 20.3. The predicted octanol–water partition coefficient (Wildman–Crippen LogP) is 4.62. The first-order chi connectivity index (χ1) is 16.4. The second-order valence-electron chi connectivity index (χ2n) is 9.49. The first-order valence-electron chi connectivity index (χ1n) is 12.1. The average Bonchev–Trinajstić information content (AvgIpc) is 3.37. The van der Waals surface area contributed by atoms with Crippen molar-refractivity contribution in [1.82, 2.24) is 9.80 Å². The Morgan fingerprint density at radius 1 is 1.15 bits per heavy atom. The Morgan fingerprint density at radius 2 is 1.88 bits per heavy atom. The molecule has 2 aromatic rings. The maximum absolute atomic E-state index is 14.5. The molecule has 1 N–H and O–H groups in total. The van der Waals surface area contributed by atoms with Crippen LogP contribution in [0, 0.1) is 18.7 Å². The highest BCUT2D eigenvalue weighted by molar-refractivity contribution is 6.06. The fourth-order valence-electron chi connectivity index (χ4n) is 5.20. The van der Waals surface area contributed by atoms with Gasteiger partial charge in [-0.15, -0.1) is 0 Å². The van der Waals surface area contributed by atoms with Crippen LogP contribution >= 0.6 is 0 Å². The lowest BCUT2D eigenvalue weighted by Crippen LogP contribution is -2.54. The molecule has 1 saturated heterocycles. The summed E-state index contributed by atoms with van der Waals surface area (Å²) in [5.74, 6) is 0.221. The van der Waals surface area contributed by atoms with Crippen LogP contribution in [0.25, 0.3) is 0 Å². The summed E-state index contributed by atoms with van der Waals surface area (Å²) in [6, 6.07) is 9.97. The Balaban J connectivity index is 1.44. The van der Waals surface area contributed by atoms with Gasteiger partial charge >= 0.3 is 0 Å². The van der Waals surface area contributed by atoms with Gasteiger partial charge in [-0.25, -0.2) is 4.39 Å². The number of anilines is 1. The molecule has 4 rings (SSSR count). The van der Waals surface area contributed by atoms with Gasteiger partial charge in [0.15, 0.2) is 0 Å². The van der Waals surface area contributed by atoms with Crippen LogP contribution in [0.2, 0.25) is 0 Å². The molecular weight excluding hydrogens is 433 g/mol. The number of hydrogen-bond acceptors (Lipinski definition) is 4. The summed E-state index contributed by atoms with van der Waals surface area (Å²) in [6.07, 6.45) is 4.33. The molecule has 1 unspecified atom stereocenters. The number of rotatable bonds is 6.